The summed E-state index contributed by atoms with van der Waals surface area (Å²) < 4.78 is 0. The third kappa shape index (κ3) is 2.12. The van der Waals surface area contributed by atoms with Gasteiger partial charge in [-0.05, 0) is 24.1 Å². The Bertz CT molecular complexity index is 477. The number of nitrogens with two attached hydrogens (primary N) is 1. The lowest BCUT2D eigenvalue weighted by Crippen LogP contribution is -1.84. The van der Waals surface area contributed by atoms with Gasteiger partial charge in [-0.1, -0.05) is 12.0 Å². The summed E-state index contributed by atoms with van der Waals surface area (Å²) in [5.74, 6) is 5.98. The van der Waals surface area contributed by atoms with E-state index in [-0.39, 0.29) is 0 Å². The monoisotopic (exact) mass is 200 g/mol. The number of aromatic nitrogens is 1. The van der Waals surface area contributed by atoms with Gasteiger partial charge in [0.05, 0.1) is 0 Å². The smallest absolute Gasteiger partial charge is 0.167 e. The molecule has 1 aromatic carbocycles. The number of nitrogen functional groups attached to an aromatic ring is 1. The van der Waals surface area contributed by atoms with Crippen LogP contribution in [0.4, 0.5) is 5.69 Å². The summed E-state index contributed by atoms with van der Waals surface area (Å²) in [4.78, 5) is 4.07. The molecule has 3 heteroatoms. The van der Waals surface area contributed by atoms with E-state index in [0.717, 1.165) is 16.3 Å². The number of hydrogen-bond donors (Lipinski definition) is 1. The fraction of sp³-hybridized carbons (Fsp3) is 0. The van der Waals surface area contributed by atoms with Crippen LogP contribution in [0, 0.1) is 11.8 Å². The second-order valence-corrected chi connectivity index (χ2v) is 3.61. The molecule has 0 saturated heterocycles. The Kier molecular flexibility index (Phi) is 2.48. The molecule has 0 spiro atoms. The SMILES string of the molecule is Nc1cccc(C#Cc2nccs2)c1. The molecule has 0 amide bonds. The largest absolute Gasteiger partial charge is 0.399 e. The summed E-state index contributed by atoms with van der Waals surface area (Å²) in [5, 5.41) is 2.73. The van der Waals surface area contributed by atoms with Crippen molar-refractivity contribution in [2.45, 2.75) is 0 Å². The summed E-state index contributed by atoms with van der Waals surface area (Å²) in [6.45, 7) is 0. The zero-order valence-corrected chi connectivity index (χ0v) is 8.21. The van der Waals surface area contributed by atoms with Crippen LogP contribution in [0.15, 0.2) is 35.8 Å². The van der Waals surface area contributed by atoms with E-state index in [0.29, 0.717) is 0 Å². The van der Waals surface area contributed by atoms with Crippen LogP contribution in [0.5, 0.6) is 0 Å². The van der Waals surface area contributed by atoms with Crippen molar-refractivity contribution >= 4 is 17.0 Å². The van der Waals surface area contributed by atoms with Gasteiger partial charge in [0.1, 0.15) is 0 Å². The van der Waals surface area contributed by atoms with Crippen LogP contribution in [-0.2, 0) is 0 Å². The highest BCUT2D eigenvalue weighted by Crippen LogP contribution is 2.06. The van der Waals surface area contributed by atoms with Crippen molar-refractivity contribution in [1.82, 2.24) is 4.98 Å². The molecule has 0 radical (unpaired) electrons. The number of benzene rings is 1. The van der Waals surface area contributed by atoms with Crippen LogP contribution in [0.3, 0.4) is 0 Å². The van der Waals surface area contributed by atoms with Crippen molar-refractivity contribution in [2.75, 3.05) is 5.73 Å². The molecule has 0 fully saturated rings. The van der Waals surface area contributed by atoms with Crippen molar-refractivity contribution in [3.8, 4) is 11.8 Å². The molecule has 1 heterocycles. The number of nitrogens with zero attached hydrogens (tertiary/aromatic N) is 1. The quantitative estimate of drug-likeness (QED) is 0.522. The predicted octanol–water partition coefficient (Wildman–Crippen LogP) is 2.13. The van der Waals surface area contributed by atoms with Gasteiger partial charge in [0.2, 0.25) is 0 Å². The first-order chi connectivity index (χ1) is 6.84. The van der Waals surface area contributed by atoms with Crippen LogP contribution in [0.25, 0.3) is 0 Å². The minimum Gasteiger partial charge on any atom is -0.399 e. The Labute approximate surface area is 86.4 Å². The summed E-state index contributed by atoms with van der Waals surface area (Å²) in [7, 11) is 0. The molecule has 2 nitrogen and oxygen atoms in total. The molecule has 0 unspecified atom stereocenters. The number of hydrogen-bond acceptors (Lipinski definition) is 3. The van der Waals surface area contributed by atoms with Gasteiger partial charge in [0, 0.05) is 22.8 Å². The van der Waals surface area contributed by atoms with Gasteiger partial charge in [-0.3, -0.25) is 0 Å². The lowest BCUT2D eigenvalue weighted by Gasteiger charge is -1.91. The van der Waals surface area contributed by atoms with Gasteiger partial charge in [0.15, 0.2) is 5.01 Å². The Morgan fingerprint density at radius 2 is 2.21 bits per heavy atom. The first-order valence-corrected chi connectivity index (χ1v) is 4.99. The molecule has 0 aliphatic carbocycles. The van der Waals surface area contributed by atoms with Gasteiger partial charge in [0.25, 0.3) is 0 Å². The summed E-state index contributed by atoms with van der Waals surface area (Å²) in [6.07, 6.45) is 1.74. The molecular formula is C11H8N2S. The van der Waals surface area contributed by atoms with E-state index in [9.17, 15) is 0 Å². The minimum absolute atomic E-state index is 0.732. The summed E-state index contributed by atoms with van der Waals surface area (Å²) >= 11 is 1.53. The first kappa shape index (κ1) is 8.79. The maximum atomic E-state index is 5.63. The highest BCUT2D eigenvalue weighted by Gasteiger charge is 1.89. The molecule has 0 aliphatic heterocycles. The van der Waals surface area contributed by atoms with Crippen LogP contribution in [0.2, 0.25) is 0 Å². The van der Waals surface area contributed by atoms with Crippen molar-refractivity contribution < 1.29 is 0 Å². The second kappa shape index (κ2) is 3.95. The second-order valence-electron chi connectivity index (χ2n) is 2.71. The lowest BCUT2D eigenvalue weighted by molar-refractivity contribution is 1.39. The summed E-state index contributed by atoms with van der Waals surface area (Å²) in [6, 6.07) is 7.51. The molecule has 14 heavy (non-hydrogen) atoms. The highest BCUT2D eigenvalue weighted by atomic mass is 32.1. The van der Waals surface area contributed by atoms with Crippen LogP contribution < -0.4 is 5.73 Å². The molecule has 0 aliphatic rings. The molecule has 1 aromatic heterocycles. The molecule has 0 atom stereocenters. The predicted molar refractivity (Wildman–Crippen MR) is 58.9 cm³/mol. The van der Waals surface area contributed by atoms with Crippen molar-refractivity contribution in [2.24, 2.45) is 0 Å². The normalized spacial score (nSPS) is 9.14. The molecule has 2 aromatic rings. The van der Waals surface area contributed by atoms with E-state index in [4.69, 9.17) is 5.73 Å². The van der Waals surface area contributed by atoms with Gasteiger partial charge < -0.3 is 5.73 Å². The maximum Gasteiger partial charge on any atom is 0.167 e. The minimum atomic E-state index is 0.732. The van der Waals surface area contributed by atoms with Crippen molar-refractivity contribution in [1.29, 1.82) is 0 Å². The van der Waals surface area contributed by atoms with E-state index in [1.807, 2.05) is 29.6 Å². The van der Waals surface area contributed by atoms with E-state index >= 15 is 0 Å². The molecule has 68 valence electrons. The third-order valence-corrected chi connectivity index (χ3v) is 2.32. The average Bonchev–Trinajstić information content (AvgIpc) is 2.67. The number of thiazole rings is 1. The van der Waals surface area contributed by atoms with Crippen LogP contribution >= 0.6 is 11.3 Å². The molecule has 2 N–H and O–H groups in total. The van der Waals surface area contributed by atoms with Crippen LogP contribution in [-0.4, -0.2) is 4.98 Å². The fourth-order valence-electron chi connectivity index (χ4n) is 1.03. The third-order valence-electron chi connectivity index (χ3n) is 1.63. The first-order valence-electron chi connectivity index (χ1n) is 4.12. The Hall–Kier alpha value is -1.79. The molecular weight excluding hydrogens is 192 g/mol. The van der Waals surface area contributed by atoms with E-state index in [1.165, 1.54) is 11.3 Å². The van der Waals surface area contributed by atoms with Gasteiger partial charge in [-0.15, -0.1) is 11.3 Å². The van der Waals surface area contributed by atoms with E-state index in [1.54, 1.807) is 6.20 Å². The van der Waals surface area contributed by atoms with Crippen molar-refractivity contribution in [3.63, 3.8) is 0 Å². The number of anilines is 1. The fourth-order valence-corrected chi connectivity index (χ4v) is 1.51. The molecule has 0 saturated carbocycles. The van der Waals surface area contributed by atoms with Crippen molar-refractivity contribution in [3.05, 3.63) is 46.4 Å². The van der Waals surface area contributed by atoms with E-state index in [2.05, 4.69) is 16.8 Å². The Balaban J connectivity index is 2.26. The Morgan fingerprint density at radius 3 is 2.93 bits per heavy atom. The average molecular weight is 200 g/mol. The Morgan fingerprint density at radius 1 is 1.29 bits per heavy atom. The molecule has 2 rings (SSSR count). The van der Waals surface area contributed by atoms with Gasteiger partial charge in [-0.2, -0.15) is 0 Å². The van der Waals surface area contributed by atoms with E-state index < -0.39 is 0 Å². The topological polar surface area (TPSA) is 38.9 Å². The van der Waals surface area contributed by atoms with Gasteiger partial charge in [-0.25, -0.2) is 4.98 Å². The van der Waals surface area contributed by atoms with Gasteiger partial charge >= 0.3 is 0 Å². The lowest BCUT2D eigenvalue weighted by atomic mass is 10.2. The van der Waals surface area contributed by atoms with Crippen LogP contribution in [0.1, 0.15) is 10.6 Å². The standard InChI is InChI=1S/C11H8N2S/c12-10-3-1-2-9(8-10)4-5-11-13-6-7-14-11/h1-3,6-8H,12H2. The zero-order valence-electron chi connectivity index (χ0n) is 7.40. The number of rotatable bonds is 0. The maximum absolute atomic E-state index is 5.63. The highest BCUT2D eigenvalue weighted by molar-refractivity contribution is 7.10. The zero-order chi connectivity index (χ0) is 9.80. The molecule has 0 bridgehead atoms. The summed E-state index contributed by atoms with van der Waals surface area (Å²) in [5.41, 5.74) is 7.28.